The van der Waals surface area contributed by atoms with Crippen LogP contribution in [0.5, 0.6) is 0 Å². The molecule has 9 nitrogen and oxygen atoms in total. The number of piperidine rings is 1. The van der Waals surface area contributed by atoms with E-state index in [2.05, 4.69) is 5.32 Å². The summed E-state index contributed by atoms with van der Waals surface area (Å²) in [6.45, 7) is 3.62. The van der Waals surface area contributed by atoms with Gasteiger partial charge in [-0.1, -0.05) is 6.07 Å². The first-order valence-corrected chi connectivity index (χ1v) is 12.8. The molecule has 11 heteroatoms. The number of amides is 1. The molecule has 2 aliphatic heterocycles. The van der Waals surface area contributed by atoms with Gasteiger partial charge in [0.2, 0.25) is 26.0 Å². The number of benzene rings is 1. The molecule has 0 spiro atoms. The molecule has 0 radical (unpaired) electrons. The molecule has 29 heavy (non-hydrogen) atoms. The standard InChI is InChI=1S/C18H27N3O6S2/c1-14-5-6-16(29(25,26)20-8-10-27-11-9-20)12-17(14)19-18(22)15-4-3-7-21(13-15)28(2,23)24/h5-6,12,15H,3-4,7-11,13H2,1-2H3,(H,19,22). The van der Waals surface area contributed by atoms with E-state index >= 15 is 0 Å². The second-order valence-electron chi connectivity index (χ2n) is 7.44. The monoisotopic (exact) mass is 445 g/mol. The first-order chi connectivity index (χ1) is 13.6. The van der Waals surface area contributed by atoms with E-state index in [1.807, 2.05) is 0 Å². The minimum Gasteiger partial charge on any atom is -0.379 e. The van der Waals surface area contributed by atoms with Crippen LogP contribution in [0.1, 0.15) is 18.4 Å². The molecule has 0 aromatic heterocycles. The number of nitrogens with one attached hydrogen (secondary N) is 1. The fourth-order valence-corrected chi connectivity index (χ4v) is 5.87. The largest absolute Gasteiger partial charge is 0.379 e. The van der Waals surface area contributed by atoms with Gasteiger partial charge < -0.3 is 10.1 Å². The van der Waals surface area contributed by atoms with Crippen LogP contribution in [-0.4, -0.2) is 77.0 Å². The van der Waals surface area contributed by atoms with Crippen LogP contribution < -0.4 is 5.32 Å². The lowest BCUT2D eigenvalue weighted by Crippen LogP contribution is -2.43. The molecule has 162 valence electrons. The Bertz CT molecular complexity index is 971. The van der Waals surface area contributed by atoms with Crippen molar-refractivity contribution in [3.8, 4) is 0 Å². The van der Waals surface area contributed by atoms with Gasteiger partial charge in [0.25, 0.3) is 0 Å². The average Bonchev–Trinajstić information content (AvgIpc) is 2.69. The highest BCUT2D eigenvalue weighted by Crippen LogP contribution is 2.26. The van der Waals surface area contributed by atoms with E-state index < -0.39 is 26.0 Å². The van der Waals surface area contributed by atoms with Gasteiger partial charge in [0, 0.05) is 31.9 Å². The molecule has 2 fully saturated rings. The SMILES string of the molecule is Cc1ccc(S(=O)(=O)N2CCOCC2)cc1NC(=O)C1CCCN(S(C)(=O)=O)C1. The number of carbonyl (C=O) groups excluding carboxylic acids is 1. The Morgan fingerprint density at radius 2 is 1.79 bits per heavy atom. The van der Waals surface area contributed by atoms with Gasteiger partial charge in [-0.2, -0.15) is 4.31 Å². The zero-order valence-electron chi connectivity index (χ0n) is 16.6. The minimum absolute atomic E-state index is 0.113. The molecular weight excluding hydrogens is 418 g/mol. The van der Waals surface area contributed by atoms with Crippen molar-refractivity contribution >= 4 is 31.6 Å². The van der Waals surface area contributed by atoms with Crippen LogP contribution in [0.3, 0.4) is 0 Å². The Kier molecular flexibility index (Phi) is 6.64. The van der Waals surface area contributed by atoms with Gasteiger partial charge in [-0.3, -0.25) is 4.79 Å². The Morgan fingerprint density at radius 1 is 1.10 bits per heavy atom. The number of hydrogen-bond donors (Lipinski definition) is 1. The normalized spacial score (nSPS) is 22.3. The van der Waals surface area contributed by atoms with Gasteiger partial charge in [-0.15, -0.1) is 0 Å². The third kappa shape index (κ3) is 5.15. The van der Waals surface area contributed by atoms with Crippen molar-refractivity contribution < 1.29 is 26.4 Å². The van der Waals surface area contributed by atoms with Crippen molar-refractivity contribution in [2.24, 2.45) is 5.92 Å². The van der Waals surface area contributed by atoms with E-state index in [1.54, 1.807) is 13.0 Å². The molecule has 2 aliphatic rings. The molecule has 2 saturated heterocycles. The van der Waals surface area contributed by atoms with E-state index in [0.29, 0.717) is 51.4 Å². The Balaban J connectivity index is 1.77. The third-order valence-corrected chi connectivity index (χ3v) is 8.46. The van der Waals surface area contributed by atoms with Crippen molar-refractivity contribution in [1.29, 1.82) is 0 Å². The van der Waals surface area contributed by atoms with Crippen LogP contribution in [0.15, 0.2) is 23.1 Å². The summed E-state index contributed by atoms with van der Waals surface area (Å²) in [6, 6.07) is 4.66. The maximum atomic E-state index is 12.9. The highest BCUT2D eigenvalue weighted by Gasteiger charge is 2.31. The van der Waals surface area contributed by atoms with Crippen LogP contribution >= 0.6 is 0 Å². The number of ether oxygens (including phenoxy) is 1. The van der Waals surface area contributed by atoms with Crippen LogP contribution in [0.4, 0.5) is 5.69 Å². The summed E-state index contributed by atoms with van der Waals surface area (Å²) in [5, 5.41) is 2.80. The van der Waals surface area contributed by atoms with Crippen LogP contribution in [0.25, 0.3) is 0 Å². The van der Waals surface area contributed by atoms with Gasteiger partial charge in [0.1, 0.15) is 0 Å². The number of morpholine rings is 1. The first kappa shape index (κ1) is 22.2. The number of anilines is 1. The molecule has 1 N–H and O–H groups in total. The van der Waals surface area contributed by atoms with Gasteiger partial charge in [-0.25, -0.2) is 21.1 Å². The maximum Gasteiger partial charge on any atom is 0.243 e. The summed E-state index contributed by atoms with van der Waals surface area (Å²) in [5.74, 6) is -0.778. The van der Waals surface area contributed by atoms with Gasteiger partial charge in [0.15, 0.2) is 0 Å². The van der Waals surface area contributed by atoms with Crippen molar-refractivity contribution in [2.75, 3.05) is 51.0 Å². The summed E-state index contributed by atoms with van der Waals surface area (Å²) in [4.78, 5) is 12.9. The zero-order chi connectivity index (χ0) is 21.2. The molecule has 1 aromatic rings. The average molecular weight is 446 g/mol. The Morgan fingerprint density at radius 3 is 2.45 bits per heavy atom. The van der Waals surface area contributed by atoms with Crippen molar-refractivity contribution in [3.05, 3.63) is 23.8 Å². The second kappa shape index (κ2) is 8.68. The van der Waals surface area contributed by atoms with Gasteiger partial charge in [0.05, 0.1) is 30.3 Å². The quantitative estimate of drug-likeness (QED) is 0.711. The lowest BCUT2D eigenvalue weighted by Gasteiger charge is -2.30. The smallest absolute Gasteiger partial charge is 0.243 e. The molecule has 1 unspecified atom stereocenters. The number of carbonyl (C=O) groups is 1. The molecule has 2 heterocycles. The molecule has 0 bridgehead atoms. The minimum atomic E-state index is -3.68. The predicted octanol–water partition coefficient (Wildman–Crippen LogP) is 0.626. The van der Waals surface area contributed by atoms with Crippen molar-refractivity contribution in [2.45, 2.75) is 24.7 Å². The van der Waals surface area contributed by atoms with E-state index in [9.17, 15) is 21.6 Å². The molecular formula is C18H27N3O6S2. The topological polar surface area (TPSA) is 113 Å². The van der Waals surface area contributed by atoms with E-state index in [1.165, 1.54) is 20.7 Å². The number of hydrogen-bond acceptors (Lipinski definition) is 6. The summed E-state index contributed by atoms with van der Waals surface area (Å²) < 4.78 is 57.2. The predicted molar refractivity (Wildman–Crippen MR) is 109 cm³/mol. The van der Waals surface area contributed by atoms with E-state index in [0.717, 1.165) is 11.8 Å². The van der Waals surface area contributed by atoms with Crippen LogP contribution in [0, 0.1) is 12.8 Å². The Hall–Kier alpha value is -1.53. The lowest BCUT2D eigenvalue weighted by molar-refractivity contribution is -0.120. The third-order valence-electron chi connectivity index (χ3n) is 5.30. The fraction of sp³-hybridized carbons (Fsp3) is 0.611. The van der Waals surface area contributed by atoms with Gasteiger partial charge in [-0.05, 0) is 37.5 Å². The van der Waals surface area contributed by atoms with Crippen LogP contribution in [-0.2, 0) is 29.6 Å². The molecule has 1 aromatic carbocycles. The number of nitrogens with zero attached hydrogens (tertiary/aromatic N) is 2. The lowest BCUT2D eigenvalue weighted by atomic mass is 9.98. The first-order valence-electron chi connectivity index (χ1n) is 9.53. The summed E-state index contributed by atoms with van der Waals surface area (Å²) in [7, 11) is -7.03. The number of sulfonamides is 2. The summed E-state index contributed by atoms with van der Waals surface area (Å²) in [5.41, 5.74) is 1.15. The molecule has 1 amide bonds. The van der Waals surface area contributed by atoms with E-state index in [-0.39, 0.29) is 17.3 Å². The zero-order valence-corrected chi connectivity index (χ0v) is 18.3. The molecule has 1 atom stereocenters. The van der Waals surface area contributed by atoms with Gasteiger partial charge >= 0.3 is 0 Å². The molecule has 3 rings (SSSR count). The van der Waals surface area contributed by atoms with E-state index in [4.69, 9.17) is 4.74 Å². The molecule has 0 saturated carbocycles. The van der Waals surface area contributed by atoms with Crippen molar-refractivity contribution in [3.63, 3.8) is 0 Å². The highest BCUT2D eigenvalue weighted by atomic mass is 32.2. The second-order valence-corrected chi connectivity index (χ2v) is 11.4. The molecule has 0 aliphatic carbocycles. The van der Waals surface area contributed by atoms with Crippen LogP contribution in [0.2, 0.25) is 0 Å². The number of aryl methyl sites for hydroxylation is 1. The van der Waals surface area contributed by atoms with Crippen molar-refractivity contribution in [1.82, 2.24) is 8.61 Å². The number of rotatable bonds is 5. The maximum absolute atomic E-state index is 12.9. The highest BCUT2D eigenvalue weighted by molar-refractivity contribution is 7.89. The summed E-state index contributed by atoms with van der Waals surface area (Å²) >= 11 is 0. The Labute approximate surface area is 172 Å². The summed E-state index contributed by atoms with van der Waals surface area (Å²) in [6.07, 6.45) is 2.33. The fourth-order valence-electron chi connectivity index (χ4n) is 3.52.